The molecule has 3 aromatic rings. The molecule has 38 heavy (non-hydrogen) atoms. The number of aromatic nitrogens is 3. The van der Waals surface area contributed by atoms with Gasteiger partial charge in [-0.3, -0.25) is 10.1 Å². The van der Waals surface area contributed by atoms with E-state index in [0.717, 1.165) is 28.2 Å². The smallest absolute Gasteiger partial charge is 0.347 e. The standard InChI is InChI=1S/C24H28N6O7S/c1-12-20(22(33)34)38-24(26-12)29-23-27-15-5-6-30(18(32)11-31)10-14(15)21(28-23)25-9-13-7-16(35-2)19(37-4)17(8-13)36-3/h7-8,31H,5-6,9-11H2,1-4H3,(H,33,34)(H2,25,26,27,28,29). The van der Waals surface area contributed by atoms with Crippen LogP contribution in [0.1, 0.15) is 32.2 Å². The normalized spacial score (nSPS) is 12.5. The lowest BCUT2D eigenvalue weighted by atomic mass is 10.1. The number of nitrogens with one attached hydrogen (secondary N) is 2. The number of hydrogen-bond donors (Lipinski definition) is 4. The number of ether oxygens (including phenoxy) is 3. The van der Waals surface area contributed by atoms with Crippen LogP contribution in [0.4, 0.5) is 16.9 Å². The van der Waals surface area contributed by atoms with Crippen molar-refractivity contribution in [2.75, 3.05) is 45.1 Å². The van der Waals surface area contributed by atoms with Gasteiger partial charge in [-0.15, -0.1) is 0 Å². The number of nitrogens with zero attached hydrogens (tertiary/aromatic N) is 4. The number of carbonyl (C=O) groups excluding carboxylic acids is 1. The lowest BCUT2D eigenvalue weighted by Crippen LogP contribution is -2.38. The largest absolute Gasteiger partial charge is 0.493 e. The van der Waals surface area contributed by atoms with E-state index < -0.39 is 12.6 Å². The minimum absolute atomic E-state index is 0.129. The fraction of sp³-hybridized carbons (Fsp3) is 0.375. The maximum Gasteiger partial charge on any atom is 0.347 e. The number of carboxylic acids is 1. The van der Waals surface area contributed by atoms with Crippen molar-refractivity contribution < 1.29 is 34.0 Å². The highest BCUT2D eigenvalue weighted by Crippen LogP contribution is 2.38. The van der Waals surface area contributed by atoms with Crippen molar-refractivity contribution in [3.05, 3.63) is 39.5 Å². The maximum atomic E-state index is 12.2. The number of aryl methyl sites for hydroxylation is 1. The number of hydrogen-bond acceptors (Lipinski definition) is 12. The van der Waals surface area contributed by atoms with E-state index in [-0.39, 0.29) is 23.3 Å². The predicted octanol–water partition coefficient (Wildman–Crippen LogP) is 2.20. The molecule has 0 spiro atoms. The summed E-state index contributed by atoms with van der Waals surface area (Å²) in [6, 6.07) is 3.63. The molecule has 0 aliphatic carbocycles. The van der Waals surface area contributed by atoms with Crippen molar-refractivity contribution in [3.8, 4) is 17.2 Å². The van der Waals surface area contributed by atoms with Crippen LogP contribution in [-0.4, -0.2) is 76.4 Å². The highest BCUT2D eigenvalue weighted by atomic mass is 32.1. The molecule has 14 heteroatoms. The van der Waals surface area contributed by atoms with Crippen LogP contribution in [0.3, 0.4) is 0 Å². The molecule has 0 radical (unpaired) electrons. The topological polar surface area (TPSA) is 168 Å². The van der Waals surface area contributed by atoms with Crippen molar-refractivity contribution in [2.45, 2.75) is 26.4 Å². The van der Waals surface area contributed by atoms with E-state index in [1.54, 1.807) is 11.8 Å². The number of aliphatic hydroxyl groups is 1. The monoisotopic (exact) mass is 544 g/mol. The quantitative estimate of drug-likeness (QED) is 0.294. The highest BCUT2D eigenvalue weighted by Gasteiger charge is 2.26. The lowest BCUT2D eigenvalue weighted by Gasteiger charge is -2.29. The number of benzene rings is 1. The Balaban J connectivity index is 1.67. The molecule has 0 bridgehead atoms. The molecule has 1 aliphatic rings. The number of aromatic carboxylic acids is 1. The third-order valence-electron chi connectivity index (χ3n) is 5.94. The molecule has 4 N–H and O–H groups in total. The molecular weight excluding hydrogens is 516 g/mol. The van der Waals surface area contributed by atoms with E-state index >= 15 is 0 Å². The molecule has 0 saturated heterocycles. The van der Waals surface area contributed by atoms with Crippen LogP contribution < -0.4 is 24.8 Å². The molecule has 2 aromatic heterocycles. The Hall–Kier alpha value is -4.17. The van der Waals surface area contributed by atoms with E-state index in [9.17, 15) is 19.8 Å². The third-order valence-corrected chi connectivity index (χ3v) is 7.00. The molecular formula is C24H28N6O7S. The summed E-state index contributed by atoms with van der Waals surface area (Å²) < 4.78 is 16.3. The first-order valence-corrected chi connectivity index (χ1v) is 12.4. The van der Waals surface area contributed by atoms with Crippen LogP contribution >= 0.6 is 11.3 Å². The average Bonchev–Trinajstić information content (AvgIpc) is 3.30. The van der Waals surface area contributed by atoms with Gasteiger partial charge >= 0.3 is 5.97 Å². The number of fused-ring (bicyclic) bond motifs is 1. The molecule has 0 saturated carbocycles. The summed E-state index contributed by atoms with van der Waals surface area (Å²) in [6.07, 6.45) is 0.453. The van der Waals surface area contributed by atoms with E-state index in [0.29, 0.717) is 53.4 Å². The summed E-state index contributed by atoms with van der Waals surface area (Å²) in [5.41, 5.74) is 2.66. The number of methoxy groups -OCH3 is 3. The van der Waals surface area contributed by atoms with Gasteiger partial charge in [-0.1, -0.05) is 11.3 Å². The van der Waals surface area contributed by atoms with Crippen LogP contribution in [0, 0.1) is 6.92 Å². The van der Waals surface area contributed by atoms with Gasteiger partial charge in [0.2, 0.25) is 17.6 Å². The molecule has 4 rings (SSSR count). The Labute approximate surface area is 222 Å². The summed E-state index contributed by atoms with van der Waals surface area (Å²) in [7, 11) is 4.61. The van der Waals surface area contributed by atoms with Crippen molar-refractivity contribution in [3.63, 3.8) is 0 Å². The van der Waals surface area contributed by atoms with Crippen molar-refractivity contribution >= 4 is 40.1 Å². The molecule has 1 amide bonds. The summed E-state index contributed by atoms with van der Waals surface area (Å²) in [4.78, 5) is 38.8. The Morgan fingerprint density at radius 2 is 1.82 bits per heavy atom. The van der Waals surface area contributed by atoms with Gasteiger partial charge < -0.3 is 34.6 Å². The van der Waals surface area contributed by atoms with Gasteiger partial charge in [0, 0.05) is 25.1 Å². The minimum atomic E-state index is -1.05. The highest BCUT2D eigenvalue weighted by molar-refractivity contribution is 7.17. The van der Waals surface area contributed by atoms with Gasteiger partial charge in [0.15, 0.2) is 16.6 Å². The summed E-state index contributed by atoms with van der Waals surface area (Å²) in [5.74, 6) is 0.765. The number of aliphatic hydroxyl groups excluding tert-OH is 1. The minimum Gasteiger partial charge on any atom is -0.493 e. The molecule has 1 aliphatic heterocycles. The molecule has 13 nitrogen and oxygen atoms in total. The Morgan fingerprint density at radius 1 is 1.11 bits per heavy atom. The summed E-state index contributed by atoms with van der Waals surface area (Å²) in [6.45, 7) is 1.99. The van der Waals surface area contributed by atoms with Crippen LogP contribution in [0.25, 0.3) is 0 Å². The summed E-state index contributed by atoms with van der Waals surface area (Å²) >= 11 is 0.992. The number of amides is 1. The first-order chi connectivity index (χ1) is 18.3. The van der Waals surface area contributed by atoms with Crippen molar-refractivity contribution in [1.29, 1.82) is 0 Å². The van der Waals surface area contributed by atoms with Gasteiger partial charge in [0.05, 0.1) is 39.3 Å². The molecule has 3 heterocycles. The zero-order chi connectivity index (χ0) is 27.4. The lowest BCUT2D eigenvalue weighted by molar-refractivity contribution is -0.135. The number of rotatable bonds is 10. The van der Waals surface area contributed by atoms with E-state index in [4.69, 9.17) is 14.2 Å². The Kier molecular flexibility index (Phi) is 8.12. The number of thiazole rings is 1. The fourth-order valence-electron chi connectivity index (χ4n) is 4.10. The molecule has 202 valence electrons. The van der Waals surface area contributed by atoms with Gasteiger partial charge in [0.1, 0.15) is 17.3 Å². The zero-order valence-corrected chi connectivity index (χ0v) is 22.1. The zero-order valence-electron chi connectivity index (χ0n) is 21.3. The first-order valence-electron chi connectivity index (χ1n) is 11.6. The van der Waals surface area contributed by atoms with Crippen molar-refractivity contribution in [1.82, 2.24) is 19.9 Å². The molecule has 1 aromatic carbocycles. The van der Waals surface area contributed by atoms with Crippen LogP contribution in [0.5, 0.6) is 17.2 Å². The van der Waals surface area contributed by atoms with E-state index in [2.05, 4.69) is 25.6 Å². The van der Waals surface area contributed by atoms with E-state index in [1.165, 1.54) is 21.3 Å². The second-order valence-electron chi connectivity index (χ2n) is 8.30. The summed E-state index contributed by atoms with van der Waals surface area (Å²) in [5, 5.41) is 25.4. The SMILES string of the molecule is COc1cc(CNc2nc(Nc3nc(C)c(C(=O)O)s3)nc3c2CN(C(=O)CO)CC3)cc(OC)c1OC. The van der Waals surface area contributed by atoms with Crippen molar-refractivity contribution in [2.24, 2.45) is 0 Å². The van der Waals surface area contributed by atoms with Crippen LogP contribution in [0.2, 0.25) is 0 Å². The second kappa shape index (κ2) is 11.5. The fourth-order valence-corrected chi connectivity index (χ4v) is 4.90. The Morgan fingerprint density at radius 3 is 2.39 bits per heavy atom. The molecule has 0 atom stereocenters. The third kappa shape index (κ3) is 5.55. The molecule has 0 unspecified atom stereocenters. The maximum absolute atomic E-state index is 12.2. The Bertz CT molecular complexity index is 1340. The van der Waals surface area contributed by atoms with Crippen LogP contribution in [0.15, 0.2) is 12.1 Å². The number of carbonyl (C=O) groups is 2. The van der Waals surface area contributed by atoms with Gasteiger partial charge in [-0.05, 0) is 24.6 Å². The van der Waals surface area contributed by atoms with E-state index in [1.807, 2.05) is 12.1 Å². The van der Waals surface area contributed by atoms with Crippen LogP contribution in [-0.2, 0) is 24.3 Å². The number of anilines is 3. The molecule has 0 fully saturated rings. The average molecular weight is 545 g/mol. The second-order valence-corrected chi connectivity index (χ2v) is 9.29. The van der Waals surface area contributed by atoms with Gasteiger partial charge in [0.25, 0.3) is 0 Å². The number of carboxylic acid groups (broad SMARTS) is 1. The van der Waals surface area contributed by atoms with Gasteiger partial charge in [-0.2, -0.15) is 4.98 Å². The first kappa shape index (κ1) is 26.9. The predicted molar refractivity (Wildman–Crippen MR) is 139 cm³/mol. The van der Waals surface area contributed by atoms with Gasteiger partial charge in [-0.25, -0.2) is 14.8 Å².